The van der Waals surface area contributed by atoms with E-state index in [1.54, 1.807) is 48.5 Å². The maximum Gasteiger partial charge on any atom is 0.334 e. The van der Waals surface area contributed by atoms with E-state index in [1.165, 1.54) is 7.11 Å². The second-order valence-corrected chi connectivity index (χ2v) is 5.88. The quantitative estimate of drug-likeness (QED) is 0.443. The summed E-state index contributed by atoms with van der Waals surface area (Å²) in [6.07, 6.45) is 1.14. The average Bonchev–Trinajstić information content (AvgIpc) is 2.66. The molecule has 0 saturated carbocycles. The van der Waals surface area contributed by atoms with Gasteiger partial charge in [0.1, 0.15) is 6.61 Å². The van der Waals surface area contributed by atoms with Crippen LogP contribution in [0.25, 0.3) is 0 Å². The van der Waals surface area contributed by atoms with Crippen molar-refractivity contribution in [2.45, 2.75) is 12.6 Å². The van der Waals surface area contributed by atoms with Gasteiger partial charge in [-0.05, 0) is 24.3 Å². The van der Waals surface area contributed by atoms with Gasteiger partial charge in [0, 0.05) is 21.2 Å². The van der Waals surface area contributed by atoms with Gasteiger partial charge in [0.25, 0.3) is 5.91 Å². The SMILES string of the molecule is COC(=O)C(/C=N\OCc1c(Cl)cccc1Cl)NC(=O)c1ccccc1. The van der Waals surface area contributed by atoms with E-state index in [0.29, 0.717) is 21.2 Å². The summed E-state index contributed by atoms with van der Waals surface area (Å²) < 4.78 is 4.66. The van der Waals surface area contributed by atoms with Crippen molar-refractivity contribution < 1.29 is 19.2 Å². The zero-order chi connectivity index (χ0) is 18.9. The molecule has 0 heterocycles. The normalized spacial score (nSPS) is 11.8. The Kier molecular flexibility index (Phi) is 7.44. The molecule has 0 bridgehead atoms. The Morgan fingerprint density at radius 2 is 1.77 bits per heavy atom. The molecule has 136 valence electrons. The van der Waals surface area contributed by atoms with Crippen LogP contribution in [-0.2, 0) is 21.0 Å². The van der Waals surface area contributed by atoms with E-state index in [2.05, 4.69) is 15.2 Å². The number of hydrogen-bond acceptors (Lipinski definition) is 5. The lowest BCUT2D eigenvalue weighted by molar-refractivity contribution is -0.140. The third-order valence-electron chi connectivity index (χ3n) is 3.33. The highest BCUT2D eigenvalue weighted by Gasteiger charge is 2.20. The van der Waals surface area contributed by atoms with Crippen molar-refractivity contribution in [3.05, 3.63) is 69.7 Å². The first-order chi connectivity index (χ1) is 12.5. The van der Waals surface area contributed by atoms with Gasteiger partial charge in [0.15, 0.2) is 6.04 Å². The Balaban J connectivity index is 2.00. The zero-order valence-corrected chi connectivity index (χ0v) is 15.3. The predicted octanol–water partition coefficient (Wildman–Crippen LogP) is 3.47. The molecule has 1 atom stereocenters. The lowest BCUT2D eigenvalue weighted by atomic mass is 10.2. The van der Waals surface area contributed by atoms with Crippen molar-refractivity contribution in [1.82, 2.24) is 5.32 Å². The molecule has 0 fully saturated rings. The van der Waals surface area contributed by atoms with Crippen LogP contribution >= 0.6 is 23.2 Å². The summed E-state index contributed by atoms with van der Waals surface area (Å²) in [6, 6.07) is 12.4. The van der Waals surface area contributed by atoms with Crippen LogP contribution in [0.15, 0.2) is 53.7 Å². The number of nitrogens with zero attached hydrogens (tertiary/aromatic N) is 1. The molecular formula is C18H16Cl2N2O4. The van der Waals surface area contributed by atoms with E-state index in [4.69, 9.17) is 28.0 Å². The van der Waals surface area contributed by atoms with E-state index in [0.717, 1.165) is 6.21 Å². The summed E-state index contributed by atoms with van der Waals surface area (Å²) in [5.74, 6) is -1.13. The number of benzene rings is 2. The number of carbonyl (C=O) groups excluding carboxylic acids is 2. The van der Waals surface area contributed by atoms with Crippen LogP contribution in [0.3, 0.4) is 0 Å². The molecule has 8 heteroatoms. The Morgan fingerprint density at radius 1 is 1.12 bits per heavy atom. The maximum atomic E-state index is 12.2. The first-order valence-corrected chi connectivity index (χ1v) is 8.30. The van der Waals surface area contributed by atoms with Crippen LogP contribution in [0.5, 0.6) is 0 Å². The second-order valence-electron chi connectivity index (χ2n) is 5.07. The number of amides is 1. The number of nitrogens with one attached hydrogen (secondary N) is 1. The lowest BCUT2D eigenvalue weighted by Crippen LogP contribution is -2.42. The Bertz CT molecular complexity index is 777. The van der Waals surface area contributed by atoms with Crippen LogP contribution in [0.2, 0.25) is 10.0 Å². The van der Waals surface area contributed by atoms with Crippen molar-refractivity contribution in [3.8, 4) is 0 Å². The molecule has 0 aliphatic rings. The first kappa shape index (κ1) is 19.8. The number of carbonyl (C=O) groups is 2. The van der Waals surface area contributed by atoms with Crippen LogP contribution in [-0.4, -0.2) is 31.2 Å². The molecule has 6 nitrogen and oxygen atoms in total. The summed E-state index contributed by atoms with van der Waals surface area (Å²) in [5, 5.41) is 7.10. The fourth-order valence-electron chi connectivity index (χ4n) is 1.97. The van der Waals surface area contributed by atoms with Crippen LogP contribution in [0, 0.1) is 0 Å². The summed E-state index contributed by atoms with van der Waals surface area (Å²) in [6.45, 7) is 0.00946. The predicted molar refractivity (Wildman–Crippen MR) is 99.5 cm³/mol. The summed E-state index contributed by atoms with van der Waals surface area (Å²) in [7, 11) is 1.21. The van der Waals surface area contributed by atoms with Crippen molar-refractivity contribution >= 4 is 41.3 Å². The van der Waals surface area contributed by atoms with Gasteiger partial charge in [-0.3, -0.25) is 4.79 Å². The lowest BCUT2D eigenvalue weighted by Gasteiger charge is -2.12. The first-order valence-electron chi connectivity index (χ1n) is 7.55. The van der Waals surface area contributed by atoms with Crippen molar-refractivity contribution in [3.63, 3.8) is 0 Å². The number of halogens is 2. The fraction of sp³-hybridized carbons (Fsp3) is 0.167. The number of methoxy groups -OCH3 is 1. The van der Waals surface area contributed by atoms with Gasteiger partial charge < -0.3 is 14.9 Å². The monoisotopic (exact) mass is 394 g/mol. The molecule has 1 unspecified atom stereocenters. The molecule has 0 aromatic heterocycles. The Hall–Kier alpha value is -2.57. The molecule has 1 amide bonds. The van der Waals surface area contributed by atoms with E-state index in [-0.39, 0.29) is 6.61 Å². The highest BCUT2D eigenvalue weighted by Crippen LogP contribution is 2.24. The van der Waals surface area contributed by atoms with Crippen molar-refractivity contribution in [1.29, 1.82) is 0 Å². The number of rotatable bonds is 7. The standard InChI is InChI=1S/C18H16Cl2N2O4/c1-25-18(24)16(22-17(23)12-6-3-2-4-7-12)10-21-26-11-13-14(19)8-5-9-15(13)20/h2-10,16H,11H2,1H3,(H,22,23)/b21-10-. The molecule has 0 spiro atoms. The van der Waals surface area contributed by atoms with Gasteiger partial charge in [0.2, 0.25) is 0 Å². The molecule has 2 aromatic rings. The van der Waals surface area contributed by atoms with Crippen LogP contribution in [0.4, 0.5) is 0 Å². The Labute approximate surface area is 160 Å². The topological polar surface area (TPSA) is 77.0 Å². The fourth-order valence-corrected chi connectivity index (χ4v) is 2.48. The second kappa shape index (κ2) is 9.79. The van der Waals surface area contributed by atoms with Crippen molar-refractivity contribution in [2.75, 3.05) is 7.11 Å². The van der Waals surface area contributed by atoms with E-state index < -0.39 is 17.9 Å². The van der Waals surface area contributed by atoms with Gasteiger partial charge in [-0.15, -0.1) is 0 Å². The minimum absolute atomic E-state index is 0.00946. The largest absolute Gasteiger partial charge is 0.467 e. The number of oxime groups is 1. The van der Waals surface area contributed by atoms with E-state index in [9.17, 15) is 9.59 Å². The number of esters is 1. The molecule has 2 rings (SSSR count). The number of ether oxygens (including phenoxy) is 1. The minimum atomic E-state index is -1.10. The van der Waals surface area contributed by atoms with Gasteiger partial charge >= 0.3 is 5.97 Å². The van der Waals surface area contributed by atoms with Crippen molar-refractivity contribution in [2.24, 2.45) is 5.16 Å². The highest BCUT2D eigenvalue weighted by molar-refractivity contribution is 6.35. The molecule has 0 radical (unpaired) electrons. The average molecular weight is 395 g/mol. The minimum Gasteiger partial charge on any atom is -0.467 e. The van der Waals surface area contributed by atoms with E-state index >= 15 is 0 Å². The molecule has 0 aliphatic heterocycles. The van der Waals surface area contributed by atoms with Gasteiger partial charge in [-0.1, -0.05) is 52.6 Å². The van der Waals surface area contributed by atoms with Crippen LogP contribution in [0.1, 0.15) is 15.9 Å². The van der Waals surface area contributed by atoms with E-state index in [1.807, 2.05) is 0 Å². The van der Waals surface area contributed by atoms with Gasteiger partial charge in [0.05, 0.1) is 13.3 Å². The smallest absolute Gasteiger partial charge is 0.334 e. The van der Waals surface area contributed by atoms with Gasteiger partial charge in [-0.2, -0.15) is 0 Å². The van der Waals surface area contributed by atoms with Crippen LogP contribution < -0.4 is 5.32 Å². The molecule has 1 N–H and O–H groups in total. The molecule has 0 aliphatic carbocycles. The highest BCUT2D eigenvalue weighted by atomic mass is 35.5. The third-order valence-corrected chi connectivity index (χ3v) is 4.04. The molecular weight excluding hydrogens is 379 g/mol. The Morgan fingerprint density at radius 3 is 2.38 bits per heavy atom. The number of hydrogen-bond donors (Lipinski definition) is 1. The van der Waals surface area contributed by atoms with Gasteiger partial charge in [-0.25, -0.2) is 4.79 Å². The molecule has 0 saturated heterocycles. The summed E-state index contributed by atoms with van der Waals surface area (Å²) in [5.41, 5.74) is 0.967. The zero-order valence-electron chi connectivity index (χ0n) is 13.8. The molecule has 2 aromatic carbocycles. The molecule has 26 heavy (non-hydrogen) atoms. The maximum absolute atomic E-state index is 12.2. The summed E-state index contributed by atoms with van der Waals surface area (Å²) in [4.78, 5) is 29.1. The third kappa shape index (κ3) is 5.47. The summed E-state index contributed by atoms with van der Waals surface area (Å²) >= 11 is 12.1.